The summed E-state index contributed by atoms with van der Waals surface area (Å²) in [4.78, 5) is 27.6. The molecule has 186 valence electrons. The van der Waals surface area contributed by atoms with Crippen LogP contribution in [0.1, 0.15) is 38.3 Å². The van der Waals surface area contributed by atoms with Crippen molar-refractivity contribution in [2.75, 3.05) is 17.1 Å². The molecule has 0 heterocycles. The Morgan fingerprint density at radius 3 is 2.29 bits per heavy atom. The van der Waals surface area contributed by atoms with E-state index in [4.69, 9.17) is 11.6 Å². The molecule has 1 N–H and O–H groups in total. The van der Waals surface area contributed by atoms with Gasteiger partial charge in [-0.05, 0) is 62.6 Å². The average molecular weight is 512 g/mol. The number of nitrogens with zero attached hydrogens (tertiary/aromatic N) is 2. The van der Waals surface area contributed by atoms with Crippen LogP contribution in [0, 0.1) is 12.7 Å². The van der Waals surface area contributed by atoms with Crippen molar-refractivity contribution >= 4 is 39.1 Å². The van der Waals surface area contributed by atoms with Crippen molar-refractivity contribution in [3.63, 3.8) is 0 Å². The van der Waals surface area contributed by atoms with Crippen molar-refractivity contribution in [3.05, 3.63) is 64.4 Å². The molecule has 0 aliphatic carbocycles. The first-order valence-corrected chi connectivity index (χ1v) is 13.1. The van der Waals surface area contributed by atoms with Crippen molar-refractivity contribution in [3.8, 4) is 0 Å². The van der Waals surface area contributed by atoms with Gasteiger partial charge in [0.05, 0.1) is 11.9 Å². The lowest BCUT2D eigenvalue weighted by Crippen LogP contribution is -2.52. The predicted octanol–water partition coefficient (Wildman–Crippen LogP) is 3.89. The van der Waals surface area contributed by atoms with Crippen LogP contribution in [-0.4, -0.2) is 50.0 Å². The maximum absolute atomic E-state index is 13.5. The van der Waals surface area contributed by atoms with E-state index in [0.29, 0.717) is 22.6 Å². The maximum atomic E-state index is 13.5. The summed E-state index contributed by atoms with van der Waals surface area (Å²) in [5, 5.41) is 3.21. The van der Waals surface area contributed by atoms with Gasteiger partial charge in [-0.2, -0.15) is 0 Å². The zero-order valence-corrected chi connectivity index (χ0v) is 21.6. The van der Waals surface area contributed by atoms with Gasteiger partial charge in [0.2, 0.25) is 21.8 Å². The molecule has 2 amide bonds. The molecule has 0 aliphatic heterocycles. The van der Waals surface area contributed by atoms with E-state index in [1.807, 2.05) is 13.8 Å². The van der Waals surface area contributed by atoms with Crippen molar-refractivity contribution in [2.45, 2.75) is 52.7 Å². The van der Waals surface area contributed by atoms with E-state index in [9.17, 15) is 22.4 Å². The SMILES string of the molecule is CC[C@@H](C)NC(=O)[C@H](C)N(Cc1ccc(F)cc1)C(=O)CN(c1cccc(Cl)c1C)S(C)(=O)=O. The van der Waals surface area contributed by atoms with Crippen molar-refractivity contribution in [1.82, 2.24) is 10.2 Å². The molecule has 0 fully saturated rings. The highest BCUT2D eigenvalue weighted by atomic mass is 35.5. The number of rotatable bonds is 10. The maximum Gasteiger partial charge on any atom is 0.244 e. The van der Waals surface area contributed by atoms with Crippen LogP contribution < -0.4 is 9.62 Å². The molecule has 2 rings (SSSR count). The number of carbonyl (C=O) groups excluding carboxylic acids is 2. The predicted molar refractivity (Wildman–Crippen MR) is 133 cm³/mol. The van der Waals surface area contributed by atoms with E-state index in [1.54, 1.807) is 32.0 Å². The van der Waals surface area contributed by atoms with Crippen LogP contribution in [0.5, 0.6) is 0 Å². The normalized spacial score (nSPS) is 13.1. The fourth-order valence-electron chi connectivity index (χ4n) is 3.30. The number of nitrogens with one attached hydrogen (secondary N) is 1. The Morgan fingerprint density at radius 1 is 1.12 bits per heavy atom. The molecule has 10 heteroatoms. The molecule has 34 heavy (non-hydrogen) atoms. The summed E-state index contributed by atoms with van der Waals surface area (Å²) >= 11 is 6.18. The van der Waals surface area contributed by atoms with Crippen molar-refractivity contribution < 1.29 is 22.4 Å². The molecule has 0 unspecified atom stereocenters. The Hall–Kier alpha value is -2.65. The number of halogens is 2. The van der Waals surface area contributed by atoms with Crippen molar-refractivity contribution in [2.24, 2.45) is 0 Å². The number of sulfonamides is 1. The first-order chi connectivity index (χ1) is 15.8. The average Bonchev–Trinajstić information content (AvgIpc) is 2.77. The molecule has 2 aromatic carbocycles. The smallest absolute Gasteiger partial charge is 0.244 e. The number of amides is 2. The number of carbonyl (C=O) groups is 2. The van der Waals surface area contributed by atoms with Gasteiger partial charge in [-0.25, -0.2) is 12.8 Å². The first kappa shape index (κ1) is 27.6. The largest absolute Gasteiger partial charge is 0.352 e. The molecule has 2 atom stereocenters. The van der Waals surface area contributed by atoms with Crippen LogP contribution in [0.2, 0.25) is 5.02 Å². The molecule has 0 aliphatic rings. The standard InChI is InChI=1S/C24H31ClFN3O4S/c1-6-16(2)27-24(31)18(4)28(14-19-10-12-20(26)13-11-19)23(30)15-29(34(5,32)33)22-9-7-8-21(25)17(22)3/h7-13,16,18H,6,14-15H2,1-5H3,(H,27,31)/t16-,18+/m1/s1. The Kier molecular flexibility index (Phi) is 9.46. The Labute approximate surface area is 205 Å². The van der Waals surface area contributed by atoms with Gasteiger partial charge in [-0.1, -0.05) is 36.7 Å². The molecule has 0 aromatic heterocycles. The van der Waals surface area contributed by atoms with Gasteiger partial charge in [-0.15, -0.1) is 0 Å². The van der Waals surface area contributed by atoms with Crippen LogP contribution in [0.3, 0.4) is 0 Å². The quantitative estimate of drug-likeness (QED) is 0.524. The fourth-order valence-corrected chi connectivity index (χ4v) is 4.37. The highest BCUT2D eigenvalue weighted by Crippen LogP contribution is 2.28. The van der Waals surface area contributed by atoms with E-state index < -0.39 is 34.3 Å². The lowest BCUT2D eigenvalue weighted by molar-refractivity contribution is -0.139. The van der Waals surface area contributed by atoms with Gasteiger partial charge in [0.25, 0.3) is 0 Å². The summed E-state index contributed by atoms with van der Waals surface area (Å²) in [6.45, 7) is 6.49. The lowest BCUT2D eigenvalue weighted by Gasteiger charge is -2.32. The summed E-state index contributed by atoms with van der Waals surface area (Å²) in [7, 11) is -3.86. The molecule has 0 spiro atoms. The third-order valence-electron chi connectivity index (χ3n) is 5.62. The second kappa shape index (κ2) is 11.7. The number of hydrogen-bond acceptors (Lipinski definition) is 4. The van der Waals surface area contributed by atoms with Crippen LogP contribution in [0.4, 0.5) is 10.1 Å². The first-order valence-electron chi connectivity index (χ1n) is 10.9. The van der Waals surface area contributed by atoms with Crippen LogP contribution >= 0.6 is 11.6 Å². The van der Waals surface area contributed by atoms with Crippen LogP contribution in [-0.2, 0) is 26.2 Å². The third-order valence-corrected chi connectivity index (χ3v) is 7.16. The minimum Gasteiger partial charge on any atom is -0.352 e. The summed E-state index contributed by atoms with van der Waals surface area (Å²) in [5.74, 6) is -1.38. The van der Waals surface area contributed by atoms with Gasteiger partial charge >= 0.3 is 0 Å². The zero-order chi connectivity index (χ0) is 25.6. The van der Waals surface area contributed by atoms with Gasteiger partial charge in [0, 0.05) is 17.6 Å². The molecule has 7 nitrogen and oxygen atoms in total. The van der Waals surface area contributed by atoms with Gasteiger partial charge in [0.1, 0.15) is 18.4 Å². The van der Waals surface area contributed by atoms with Gasteiger partial charge in [0.15, 0.2) is 0 Å². The molecule has 2 aromatic rings. The summed E-state index contributed by atoms with van der Waals surface area (Å²) in [5.41, 5.74) is 1.39. The Bertz CT molecular complexity index is 1130. The van der Waals surface area contributed by atoms with Crippen LogP contribution in [0.15, 0.2) is 42.5 Å². The number of anilines is 1. The van der Waals surface area contributed by atoms with E-state index in [2.05, 4.69) is 5.32 Å². The van der Waals surface area contributed by atoms with Gasteiger partial charge in [-0.3, -0.25) is 13.9 Å². The summed E-state index contributed by atoms with van der Waals surface area (Å²) < 4.78 is 39.6. The fraction of sp³-hybridized carbons (Fsp3) is 0.417. The van der Waals surface area contributed by atoms with Crippen molar-refractivity contribution in [1.29, 1.82) is 0 Å². The van der Waals surface area contributed by atoms with Gasteiger partial charge < -0.3 is 10.2 Å². The zero-order valence-electron chi connectivity index (χ0n) is 20.0. The second-order valence-electron chi connectivity index (χ2n) is 8.30. The highest BCUT2D eigenvalue weighted by Gasteiger charge is 2.31. The van der Waals surface area contributed by atoms with E-state index >= 15 is 0 Å². The summed E-state index contributed by atoms with van der Waals surface area (Å²) in [6.07, 6.45) is 1.71. The van der Waals surface area contributed by atoms with Crippen LogP contribution in [0.25, 0.3) is 0 Å². The Balaban J connectivity index is 2.42. The van der Waals surface area contributed by atoms with E-state index in [-0.39, 0.29) is 24.2 Å². The molecular formula is C24H31ClFN3O4S. The number of benzene rings is 2. The molecule has 0 bridgehead atoms. The minimum atomic E-state index is -3.86. The van der Waals surface area contributed by atoms with E-state index in [1.165, 1.54) is 29.2 Å². The number of hydrogen-bond donors (Lipinski definition) is 1. The third kappa shape index (κ3) is 7.17. The lowest BCUT2D eigenvalue weighted by atomic mass is 10.1. The molecule has 0 saturated carbocycles. The summed E-state index contributed by atoms with van der Waals surface area (Å²) in [6, 6.07) is 9.37. The second-order valence-corrected chi connectivity index (χ2v) is 10.6. The molecule has 0 radical (unpaired) electrons. The topological polar surface area (TPSA) is 86.8 Å². The molecular weight excluding hydrogens is 481 g/mol. The highest BCUT2D eigenvalue weighted by molar-refractivity contribution is 7.92. The monoisotopic (exact) mass is 511 g/mol. The Morgan fingerprint density at radius 2 is 1.74 bits per heavy atom. The van der Waals surface area contributed by atoms with E-state index in [0.717, 1.165) is 10.6 Å². The molecule has 0 saturated heterocycles. The minimum absolute atomic E-state index is 0.000333.